The number of nitrogens with one attached hydrogen (secondary N) is 2. The van der Waals surface area contributed by atoms with Gasteiger partial charge >= 0.3 is 0 Å². The van der Waals surface area contributed by atoms with Crippen LogP contribution in [0.5, 0.6) is 11.5 Å². The Morgan fingerprint density at radius 3 is 2.69 bits per heavy atom. The van der Waals surface area contributed by atoms with Crippen molar-refractivity contribution < 1.29 is 27.8 Å². The van der Waals surface area contributed by atoms with Crippen LogP contribution in [0, 0.1) is 0 Å². The largest absolute Gasteiger partial charge is 0.493 e. The fourth-order valence-electron chi connectivity index (χ4n) is 2.65. The fraction of sp³-hybridized carbons (Fsp3) is 0.211. The molecule has 0 unspecified atom stereocenters. The van der Waals surface area contributed by atoms with E-state index in [9.17, 15) is 18.4 Å². The van der Waals surface area contributed by atoms with Crippen molar-refractivity contribution in [2.24, 2.45) is 5.73 Å². The van der Waals surface area contributed by atoms with Gasteiger partial charge in [-0.05, 0) is 35.9 Å². The predicted octanol–water partition coefficient (Wildman–Crippen LogP) is 2.30. The normalized spacial score (nSPS) is 10.9. The number of hydrogen-bond donors (Lipinski definition) is 3. The van der Waals surface area contributed by atoms with Crippen molar-refractivity contribution in [1.29, 1.82) is 0 Å². The van der Waals surface area contributed by atoms with E-state index >= 15 is 0 Å². The van der Waals surface area contributed by atoms with Gasteiger partial charge < -0.3 is 25.5 Å². The van der Waals surface area contributed by atoms with Gasteiger partial charge in [0.1, 0.15) is 0 Å². The third-order valence-corrected chi connectivity index (χ3v) is 4.02. The van der Waals surface area contributed by atoms with Crippen LogP contribution in [0.1, 0.15) is 28.2 Å². The zero-order valence-corrected chi connectivity index (χ0v) is 15.4. The van der Waals surface area contributed by atoms with E-state index in [1.807, 2.05) is 0 Å². The van der Waals surface area contributed by atoms with Crippen LogP contribution in [-0.2, 0) is 11.3 Å². The summed E-state index contributed by atoms with van der Waals surface area (Å²) in [4.78, 5) is 29.5. The third kappa shape index (κ3) is 4.78. The van der Waals surface area contributed by atoms with Crippen LogP contribution in [0.3, 0.4) is 0 Å². The number of imidazole rings is 1. The van der Waals surface area contributed by atoms with Crippen LogP contribution >= 0.6 is 0 Å². The summed E-state index contributed by atoms with van der Waals surface area (Å²) in [7, 11) is 1.45. The van der Waals surface area contributed by atoms with E-state index in [0.717, 1.165) is 5.56 Å². The molecule has 3 aromatic rings. The number of hydrogen-bond acceptors (Lipinski definition) is 5. The van der Waals surface area contributed by atoms with E-state index in [1.165, 1.54) is 25.3 Å². The molecule has 3 rings (SSSR count). The Labute approximate surface area is 164 Å². The fourth-order valence-corrected chi connectivity index (χ4v) is 2.65. The Balaban J connectivity index is 1.68. The zero-order chi connectivity index (χ0) is 21.0. The minimum atomic E-state index is -2.72. The van der Waals surface area contributed by atoms with Gasteiger partial charge in [0.05, 0.1) is 18.1 Å². The van der Waals surface area contributed by atoms with Crippen molar-refractivity contribution in [2.75, 3.05) is 13.7 Å². The number of amides is 2. The van der Waals surface area contributed by atoms with Crippen LogP contribution in [0.2, 0.25) is 0 Å². The molecule has 0 saturated carbocycles. The number of alkyl halides is 2. The first kappa shape index (κ1) is 20.1. The van der Waals surface area contributed by atoms with Gasteiger partial charge in [-0.15, -0.1) is 0 Å². The van der Waals surface area contributed by atoms with Crippen molar-refractivity contribution in [3.8, 4) is 11.5 Å². The van der Waals surface area contributed by atoms with Gasteiger partial charge in [0.15, 0.2) is 23.9 Å². The van der Waals surface area contributed by atoms with Crippen LogP contribution in [0.25, 0.3) is 11.0 Å². The number of nitrogens with zero attached hydrogens (tertiary/aromatic N) is 1. The number of methoxy groups -OCH3 is 1. The SMILES string of the molecule is COc1cc(CNC(=O)c2ccc3nc(C(F)F)[nH]c3c2)ccc1OCC(N)=O. The number of H-pyrrole nitrogens is 1. The second-order valence-corrected chi connectivity index (χ2v) is 6.08. The Bertz CT molecular complexity index is 1050. The molecule has 2 aromatic carbocycles. The smallest absolute Gasteiger partial charge is 0.295 e. The third-order valence-electron chi connectivity index (χ3n) is 4.02. The molecule has 0 saturated heterocycles. The van der Waals surface area contributed by atoms with E-state index in [4.69, 9.17) is 15.2 Å². The quantitative estimate of drug-likeness (QED) is 0.532. The summed E-state index contributed by atoms with van der Waals surface area (Å²) >= 11 is 0. The van der Waals surface area contributed by atoms with E-state index in [2.05, 4.69) is 15.3 Å². The number of nitrogens with two attached hydrogens (primary N) is 1. The first-order valence-electron chi connectivity index (χ1n) is 8.51. The Hall–Kier alpha value is -3.69. The number of aromatic nitrogens is 2. The monoisotopic (exact) mass is 404 g/mol. The lowest BCUT2D eigenvalue weighted by Gasteiger charge is -2.12. The summed E-state index contributed by atoms with van der Waals surface area (Å²) in [6.07, 6.45) is -2.72. The van der Waals surface area contributed by atoms with E-state index in [1.54, 1.807) is 18.2 Å². The summed E-state index contributed by atoms with van der Waals surface area (Å²) in [5, 5.41) is 2.74. The molecule has 4 N–H and O–H groups in total. The number of benzene rings is 2. The van der Waals surface area contributed by atoms with Crippen molar-refractivity contribution in [3.63, 3.8) is 0 Å². The topological polar surface area (TPSA) is 119 Å². The van der Waals surface area contributed by atoms with Gasteiger partial charge in [-0.3, -0.25) is 9.59 Å². The Morgan fingerprint density at radius 1 is 1.21 bits per heavy atom. The maximum Gasteiger partial charge on any atom is 0.295 e. The van der Waals surface area contributed by atoms with E-state index < -0.39 is 18.2 Å². The predicted molar refractivity (Wildman–Crippen MR) is 99.9 cm³/mol. The summed E-state index contributed by atoms with van der Waals surface area (Å²) in [5.74, 6) is -0.702. The number of carbonyl (C=O) groups excluding carboxylic acids is 2. The number of fused-ring (bicyclic) bond motifs is 1. The molecular formula is C19H18F2N4O4. The molecule has 0 aliphatic rings. The second-order valence-electron chi connectivity index (χ2n) is 6.08. The van der Waals surface area contributed by atoms with Crippen LogP contribution in [-0.4, -0.2) is 35.5 Å². The Morgan fingerprint density at radius 2 is 2.00 bits per heavy atom. The summed E-state index contributed by atoms with van der Waals surface area (Å²) in [6, 6.07) is 9.43. The molecule has 10 heteroatoms. The molecule has 2 amide bonds. The zero-order valence-electron chi connectivity index (χ0n) is 15.4. The molecule has 0 bridgehead atoms. The first-order valence-corrected chi connectivity index (χ1v) is 8.51. The van der Waals surface area contributed by atoms with Gasteiger partial charge in [-0.2, -0.15) is 0 Å². The Kier molecular flexibility index (Phi) is 5.91. The standard InChI is InChI=1S/C19H18F2N4O4/c1-28-15-6-10(2-5-14(15)29-9-16(22)26)8-23-19(27)11-3-4-12-13(7-11)25-18(24-12)17(20)21/h2-7,17H,8-9H2,1H3,(H2,22,26)(H,23,27)(H,24,25). The highest BCUT2D eigenvalue weighted by Gasteiger charge is 2.14. The van der Waals surface area contributed by atoms with Crippen LogP contribution in [0.4, 0.5) is 8.78 Å². The average molecular weight is 404 g/mol. The minimum absolute atomic E-state index is 0.189. The lowest BCUT2D eigenvalue weighted by Crippen LogP contribution is -2.23. The molecule has 1 heterocycles. The maximum atomic E-state index is 12.7. The summed E-state index contributed by atoms with van der Waals surface area (Å²) in [5.41, 5.74) is 6.79. The molecule has 29 heavy (non-hydrogen) atoms. The molecule has 0 spiro atoms. The van der Waals surface area contributed by atoms with Crippen molar-refractivity contribution in [1.82, 2.24) is 15.3 Å². The molecule has 0 aliphatic carbocycles. The van der Waals surface area contributed by atoms with E-state index in [-0.39, 0.29) is 19.1 Å². The maximum absolute atomic E-state index is 12.7. The van der Waals surface area contributed by atoms with Crippen LogP contribution < -0.4 is 20.5 Å². The molecule has 0 fully saturated rings. The highest BCUT2D eigenvalue weighted by atomic mass is 19.3. The van der Waals surface area contributed by atoms with Gasteiger partial charge in [-0.25, -0.2) is 13.8 Å². The number of halogens is 2. The molecule has 0 aliphatic heterocycles. The van der Waals surface area contributed by atoms with Crippen molar-refractivity contribution >= 4 is 22.8 Å². The first-order chi connectivity index (χ1) is 13.9. The lowest BCUT2D eigenvalue weighted by molar-refractivity contribution is -0.119. The van der Waals surface area contributed by atoms with E-state index in [0.29, 0.717) is 28.1 Å². The highest BCUT2D eigenvalue weighted by Crippen LogP contribution is 2.28. The molecule has 8 nitrogen and oxygen atoms in total. The average Bonchev–Trinajstić information content (AvgIpc) is 3.14. The molecule has 0 radical (unpaired) electrons. The van der Waals surface area contributed by atoms with Gasteiger partial charge in [0, 0.05) is 12.1 Å². The molecule has 152 valence electrons. The number of primary amides is 1. The molecule has 1 aromatic heterocycles. The van der Waals surface area contributed by atoms with Crippen molar-refractivity contribution in [2.45, 2.75) is 13.0 Å². The number of ether oxygens (including phenoxy) is 2. The van der Waals surface area contributed by atoms with Gasteiger partial charge in [-0.1, -0.05) is 6.07 Å². The highest BCUT2D eigenvalue weighted by molar-refractivity contribution is 5.97. The van der Waals surface area contributed by atoms with Crippen molar-refractivity contribution in [3.05, 3.63) is 53.3 Å². The summed E-state index contributed by atoms with van der Waals surface area (Å²) in [6.45, 7) is -0.0929. The molecule has 0 atom stereocenters. The van der Waals surface area contributed by atoms with Crippen LogP contribution in [0.15, 0.2) is 36.4 Å². The number of rotatable bonds is 8. The number of carbonyl (C=O) groups is 2. The summed E-state index contributed by atoms with van der Waals surface area (Å²) < 4.78 is 35.9. The second kappa shape index (κ2) is 8.55. The van der Waals surface area contributed by atoms with Gasteiger partial charge in [0.25, 0.3) is 18.2 Å². The minimum Gasteiger partial charge on any atom is -0.493 e. The number of aromatic amines is 1. The lowest BCUT2D eigenvalue weighted by atomic mass is 10.1. The molecular weight excluding hydrogens is 386 g/mol. The van der Waals surface area contributed by atoms with Gasteiger partial charge in [0.2, 0.25) is 0 Å².